The molecule has 148 valence electrons. The van der Waals surface area contributed by atoms with Gasteiger partial charge in [0.15, 0.2) is 0 Å². The van der Waals surface area contributed by atoms with Crippen molar-refractivity contribution in [1.82, 2.24) is 0 Å². The summed E-state index contributed by atoms with van der Waals surface area (Å²) in [5, 5.41) is 0. The molecule has 0 aliphatic heterocycles. The fraction of sp³-hybridized carbons (Fsp3) is 0.455. The molecular formula is C22H29KO4S. The van der Waals surface area contributed by atoms with Crippen molar-refractivity contribution in [2.24, 2.45) is 0 Å². The van der Waals surface area contributed by atoms with E-state index in [0.717, 1.165) is 12.8 Å². The van der Waals surface area contributed by atoms with Crippen LogP contribution in [0.3, 0.4) is 0 Å². The van der Waals surface area contributed by atoms with Crippen molar-refractivity contribution in [1.29, 1.82) is 0 Å². The quantitative estimate of drug-likeness (QED) is 0.296. The molecule has 0 saturated heterocycles. The largest absolute Gasteiger partial charge is 1.00 e. The Morgan fingerprint density at radius 2 is 1.39 bits per heavy atom. The molecule has 0 heterocycles. The van der Waals surface area contributed by atoms with Crippen molar-refractivity contribution in [2.45, 2.75) is 69.6 Å². The summed E-state index contributed by atoms with van der Waals surface area (Å²) in [4.78, 5) is -0.282. The summed E-state index contributed by atoms with van der Waals surface area (Å²) in [5.74, 6) is 0.990. The Hall–Kier alpha value is -0.214. The molecule has 28 heavy (non-hydrogen) atoms. The van der Waals surface area contributed by atoms with E-state index in [0.29, 0.717) is 11.5 Å². The van der Waals surface area contributed by atoms with Crippen LogP contribution in [0.4, 0.5) is 0 Å². The zero-order chi connectivity index (χ0) is 19.5. The summed E-state index contributed by atoms with van der Waals surface area (Å²) >= 11 is 0. The fourth-order valence-electron chi connectivity index (χ4n) is 3.06. The van der Waals surface area contributed by atoms with Crippen molar-refractivity contribution >= 4 is 10.1 Å². The number of benzene rings is 2. The summed E-state index contributed by atoms with van der Waals surface area (Å²) < 4.78 is 39.1. The van der Waals surface area contributed by atoms with Crippen molar-refractivity contribution in [3.63, 3.8) is 0 Å². The molecule has 2 aromatic rings. The van der Waals surface area contributed by atoms with Crippen LogP contribution in [0.25, 0.3) is 0 Å². The Kier molecular flexibility index (Phi) is 12.8. The number of aryl methyl sites for hydroxylation is 1. The van der Waals surface area contributed by atoms with Gasteiger partial charge in [0.05, 0.1) is 4.90 Å². The molecule has 2 rings (SSSR count). The van der Waals surface area contributed by atoms with Gasteiger partial charge in [0.25, 0.3) is 0 Å². The molecule has 0 N–H and O–H groups in total. The van der Waals surface area contributed by atoms with E-state index in [1.807, 2.05) is 18.2 Å². The van der Waals surface area contributed by atoms with Crippen LogP contribution in [-0.2, 0) is 16.5 Å². The fourth-order valence-corrected chi connectivity index (χ4v) is 3.56. The van der Waals surface area contributed by atoms with Gasteiger partial charge in [-0.25, -0.2) is 8.42 Å². The summed E-state index contributed by atoms with van der Waals surface area (Å²) in [6.45, 7) is 2.24. The molecule has 0 saturated carbocycles. The molecule has 6 heteroatoms. The number of ether oxygens (including phenoxy) is 1. The molecular weight excluding hydrogens is 399 g/mol. The van der Waals surface area contributed by atoms with Crippen LogP contribution in [0.15, 0.2) is 53.4 Å². The average molecular weight is 429 g/mol. The van der Waals surface area contributed by atoms with Gasteiger partial charge in [-0.3, -0.25) is 0 Å². The van der Waals surface area contributed by atoms with Crippen LogP contribution in [0.1, 0.15) is 63.9 Å². The first-order valence-electron chi connectivity index (χ1n) is 9.82. The normalized spacial score (nSPS) is 11.1. The molecule has 0 aliphatic carbocycles. The van der Waals surface area contributed by atoms with Gasteiger partial charge in [0.2, 0.25) is 0 Å². The van der Waals surface area contributed by atoms with E-state index in [4.69, 9.17) is 4.74 Å². The van der Waals surface area contributed by atoms with Crippen LogP contribution in [0.2, 0.25) is 0 Å². The average Bonchev–Trinajstić information content (AvgIpc) is 2.64. The van der Waals surface area contributed by atoms with Crippen molar-refractivity contribution in [3.8, 4) is 11.5 Å². The Morgan fingerprint density at radius 1 is 0.821 bits per heavy atom. The number of hydrogen-bond donors (Lipinski definition) is 0. The second-order valence-corrected chi connectivity index (χ2v) is 8.28. The molecule has 0 amide bonds. The summed E-state index contributed by atoms with van der Waals surface area (Å²) in [6.07, 6.45) is 11.3. The van der Waals surface area contributed by atoms with Crippen molar-refractivity contribution in [3.05, 3.63) is 54.1 Å². The van der Waals surface area contributed by atoms with E-state index >= 15 is 0 Å². The summed E-state index contributed by atoms with van der Waals surface area (Å²) in [5.41, 5.74) is 1.20. The smallest absolute Gasteiger partial charge is 0.744 e. The van der Waals surface area contributed by atoms with E-state index in [1.165, 1.54) is 68.7 Å². The van der Waals surface area contributed by atoms with Gasteiger partial charge in [0, 0.05) is 0 Å². The van der Waals surface area contributed by atoms with Crippen LogP contribution in [0, 0.1) is 0 Å². The van der Waals surface area contributed by atoms with Gasteiger partial charge in [-0.15, -0.1) is 0 Å². The Morgan fingerprint density at radius 3 is 2.04 bits per heavy atom. The van der Waals surface area contributed by atoms with Gasteiger partial charge in [-0.1, -0.05) is 70.1 Å². The van der Waals surface area contributed by atoms with E-state index in [2.05, 4.69) is 13.0 Å². The number of hydrogen-bond acceptors (Lipinski definition) is 4. The monoisotopic (exact) mass is 428 g/mol. The third-order valence-corrected chi connectivity index (χ3v) is 5.38. The zero-order valence-electron chi connectivity index (χ0n) is 17.0. The van der Waals surface area contributed by atoms with Crippen LogP contribution >= 0.6 is 0 Å². The maximum atomic E-state index is 11.1. The molecule has 2 aromatic carbocycles. The maximum absolute atomic E-state index is 11.1. The number of unbranched alkanes of at least 4 members (excludes halogenated alkanes) is 7. The Labute approximate surface area is 212 Å². The topological polar surface area (TPSA) is 66.4 Å². The standard InChI is InChI=1S/C22H30O4S.K/c1-2-3-4-5-6-7-8-9-12-19-13-10-14-20(17-19)26-21-15-11-16-22(18-21)27(23,24)25;/h10-11,13-18H,2-9,12H2,1H3,(H,23,24,25);/q;+1/p-1. The predicted molar refractivity (Wildman–Crippen MR) is 107 cm³/mol. The second kappa shape index (κ2) is 13.9. The molecule has 0 fully saturated rings. The van der Waals surface area contributed by atoms with E-state index in [9.17, 15) is 13.0 Å². The molecule has 0 radical (unpaired) electrons. The molecule has 0 aliphatic rings. The van der Waals surface area contributed by atoms with Gasteiger partial charge in [-0.2, -0.15) is 0 Å². The van der Waals surface area contributed by atoms with E-state index in [1.54, 1.807) is 6.07 Å². The van der Waals surface area contributed by atoms with Gasteiger partial charge in [0.1, 0.15) is 21.6 Å². The van der Waals surface area contributed by atoms with E-state index < -0.39 is 10.1 Å². The van der Waals surface area contributed by atoms with E-state index in [-0.39, 0.29) is 56.3 Å². The van der Waals surface area contributed by atoms with Gasteiger partial charge in [-0.05, 0) is 48.7 Å². The Balaban J connectivity index is 0.00000392. The van der Waals surface area contributed by atoms with Gasteiger partial charge < -0.3 is 9.29 Å². The van der Waals surface area contributed by atoms with Crippen molar-refractivity contribution in [2.75, 3.05) is 0 Å². The minimum absolute atomic E-state index is 0. The SMILES string of the molecule is CCCCCCCCCCc1cccc(Oc2cccc(S(=O)(=O)[O-])c2)c1.[K+]. The molecule has 0 spiro atoms. The molecule has 0 aromatic heterocycles. The third-order valence-electron chi connectivity index (χ3n) is 4.55. The molecule has 0 unspecified atom stereocenters. The minimum Gasteiger partial charge on any atom is -0.744 e. The van der Waals surface area contributed by atoms with Crippen LogP contribution < -0.4 is 56.1 Å². The Bertz CT molecular complexity index is 806. The third kappa shape index (κ3) is 10.0. The summed E-state index contributed by atoms with van der Waals surface area (Å²) in [6, 6.07) is 13.5. The van der Waals surface area contributed by atoms with Gasteiger partial charge >= 0.3 is 51.4 Å². The second-order valence-electron chi connectivity index (χ2n) is 6.90. The molecule has 0 bridgehead atoms. The number of rotatable bonds is 12. The first kappa shape index (κ1) is 25.8. The zero-order valence-corrected chi connectivity index (χ0v) is 21.0. The van der Waals surface area contributed by atoms with Crippen molar-refractivity contribution < 1.29 is 69.1 Å². The van der Waals surface area contributed by atoms with Crippen LogP contribution in [-0.4, -0.2) is 13.0 Å². The van der Waals surface area contributed by atoms with Crippen LogP contribution in [0.5, 0.6) is 11.5 Å². The minimum atomic E-state index is -4.48. The maximum Gasteiger partial charge on any atom is 1.00 e. The molecule has 4 nitrogen and oxygen atoms in total. The first-order chi connectivity index (χ1) is 13.0. The molecule has 0 atom stereocenters. The first-order valence-corrected chi connectivity index (χ1v) is 11.2. The predicted octanol–water partition coefficient (Wildman–Crippen LogP) is 3.07. The summed E-state index contributed by atoms with van der Waals surface area (Å²) in [7, 11) is -4.48.